The molecule has 0 saturated heterocycles. The molecule has 136 valence electrons. The molecule has 0 radical (unpaired) electrons. The van der Waals surface area contributed by atoms with Crippen molar-refractivity contribution >= 4 is 5.96 Å². The Labute approximate surface area is 142 Å². The highest BCUT2D eigenvalue weighted by Gasteiger charge is 2.04. The number of aliphatic imine (C=N–C) groups is 1. The molecule has 0 fully saturated rings. The molecule has 0 saturated carbocycles. The summed E-state index contributed by atoms with van der Waals surface area (Å²) >= 11 is 0. The van der Waals surface area contributed by atoms with Gasteiger partial charge in [-0.3, -0.25) is 4.99 Å². The first-order chi connectivity index (χ1) is 11.5. The molecule has 0 aliphatic carbocycles. The zero-order valence-electron chi connectivity index (χ0n) is 14.6. The Morgan fingerprint density at radius 3 is 2.58 bits per heavy atom. The van der Waals surface area contributed by atoms with Crippen LogP contribution in [0.2, 0.25) is 0 Å². The van der Waals surface area contributed by atoms with E-state index in [4.69, 9.17) is 9.47 Å². The van der Waals surface area contributed by atoms with Gasteiger partial charge >= 0.3 is 0 Å². The maximum absolute atomic E-state index is 13.4. The van der Waals surface area contributed by atoms with Crippen molar-refractivity contribution in [2.24, 2.45) is 10.9 Å². The Bertz CT molecular complexity index is 511. The molecule has 0 aromatic heterocycles. The molecule has 1 rings (SSSR count). The third-order valence-electron chi connectivity index (χ3n) is 2.98. The number of halogens is 2. The van der Waals surface area contributed by atoms with Gasteiger partial charge in [-0.05, 0) is 24.5 Å². The lowest BCUT2D eigenvalue weighted by Crippen LogP contribution is -2.40. The average Bonchev–Trinajstić information content (AvgIpc) is 2.54. The van der Waals surface area contributed by atoms with E-state index < -0.39 is 11.6 Å². The van der Waals surface area contributed by atoms with E-state index in [1.165, 1.54) is 6.07 Å². The predicted octanol–water partition coefficient (Wildman–Crippen LogP) is 2.57. The highest BCUT2D eigenvalue weighted by molar-refractivity contribution is 5.79. The van der Waals surface area contributed by atoms with Crippen LogP contribution in [-0.2, 0) is 4.74 Å². The maximum Gasteiger partial charge on any atom is 0.191 e. The molecule has 2 N–H and O–H groups in total. The van der Waals surface area contributed by atoms with Gasteiger partial charge in [0, 0.05) is 32.9 Å². The number of ether oxygens (including phenoxy) is 2. The number of benzene rings is 1. The number of nitrogens with one attached hydrogen (secondary N) is 2. The second-order valence-corrected chi connectivity index (χ2v) is 5.67. The second kappa shape index (κ2) is 11.6. The van der Waals surface area contributed by atoms with E-state index in [9.17, 15) is 8.78 Å². The summed E-state index contributed by atoms with van der Waals surface area (Å²) in [7, 11) is 1.67. The van der Waals surface area contributed by atoms with Crippen LogP contribution in [0.25, 0.3) is 0 Å². The smallest absolute Gasteiger partial charge is 0.191 e. The van der Waals surface area contributed by atoms with Crippen LogP contribution in [0.1, 0.15) is 20.3 Å². The molecule has 1 aromatic rings. The van der Waals surface area contributed by atoms with Crippen LogP contribution in [0.3, 0.4) is 0 Å². The fourth-order valence-corrected chi connectivity index (χ4v) is 1.84. The van der Waals surface area contributed by atoms with Crippen LogP contribution in [0.5, 0.6) is 5.75 Å². The van der Waals surface area contributed by atoms with Crippen molar-refractivity contribution in [2.75, 3.05) is 40.0 Å². The molecule has 5 nitrogen and oxygen atoms in total. The van der Waals surface area contributed by atoms with Gasteiger partial charge in [0.2, 0.25) is 0 Å². The summed E-state index contributed by atoms with van der Waals surface area (Å²) in [5, 5.41) is 6.21. The molecule has 1 aromatic carbocycles. The van der Waals surface area contributed by atoms with E-state index in [2.05, 4.69) is 29.5 Å². The topological polar surface area (TPSA) is 54.9 Å². The van der Waals surface area contributed by atoms with Crippen molar-refractivity contribution in [3.63, 3.8) is 0 Å². The van der Waals surface area contributed by atoms with Crippen molar-refractivity contribution in [3.05, 3.63) is 29.8 Å². The molecular formula is C17H27F2N3O2. The fraction of sp³-hybridized carbons (Fsp3) is 0.588. The Kier molecular flexibility index (Phi) is 9.76. The minimum atomic E-state index is -0.709. The molecule has 0 aliphatic heterocycles. The van der Waals surface area contributed by atoms with Gasteiger partial charge in [0.05, 0.1) is 6.54 Å². The molecule has 0 heterocycles. The van der Waals surface area contributed by atoms with Gasteiger partial charge in [-0.1, -0.05) is 13.8 Å². The Morgan fingerprint density at radius 1 is 1.17 bits per heavy atom. The Balaban J connectivity index is 2.13. The van der Waals surface area contributed by atoms with Crippen LogP contribution in [0.4, 0.5) is 8.78 Å². The molecule has 0 atom stereocenters. The highest BCUT2D eigenvalue weighted by Crippen LogP contribution is 2.17. The third-order valence-corrected chi connectivity index (χ3v) is 2.98. The number of rotatable bonds is 10. The van der Waals surface area contributed by atoms with Crippen molar-refractivity contribution in [1.29, 1.82) is 0 Å². The van der Waals surface area contributed by atoms with E-state index in [0.717, 1.165) is 31.7 Å². The van der Waals surface area contributed by atoms with Gasteiger partial charge in [0.1, 0.15) is 12.4 Å². The normalized spacial score (nSPS) is 11.7. The van der Waals surface area contributed by atoms with Crippen LogP contribution < -0.4 is 15.4 Å². The van der Waals surface area contributed by atoms with Gasteiger partial charge in [-0.15, -0.1) is 0 Å². The molecule has 0 aliphatic rings. The lowest BCUT2D eigenvalue weighted by Gasteiger charge is -2.13. The summed E-state index contributed by atoms with van der Waals surface area (Å²) in [5.74, 6) is -0.123. The summed E-state index contributed by atoms with van der Waals surface area (Å²) in [6.45, 7) is 7.12. The predicted molar refractivity (Wildman–Crippen MR) is 91.5 cm³/mol. The number of nitrogens with zero attached hydrogens (tertiary/aromatic N) is 1. The highest BCUT2D eigenvalue weighted by atomic mass is 19.1. The first kappa shape index (κ1) is 20.2. The van der Waals surface area contributed by atoms with E-state index in [0.29, 0.717) is 25.0 Å². The molecule has 0 unspecified atom stereocenters. The summed E-state index contributed by atoms with van der Waals surface area (Å²) in [4.78, 5) is 4.08. The molecule has 0 amide bonds. The van der Waals surface area contributed by atoms with Crippen molar-refractivity contribution in [1.82, 2.24) is 10.6 Å². The second-order valence-electron chi connectivity index (χ2n) is 5.67. The number of hydrogen-bond donors (Lipinski definition) is 2. The minimum Gasteiger partial charge on any atom is -0.489 e. The zero-order valence-corrected chi connectivity index (χ0v) is 14.6. The van der Waals surface area contributed by atoms with E-state index in [-0.39, 0.29) is 12.4 Å². The largest absolute Gasteiger partial charge is 0.489 e. The van der Waals surface area contributed by atoms with Gasteiger partial charge in [-0.25, -0.2) is 8.78 Å². The summed E-state index contributed by atoms with van der Waals surface area (Å²) in [6, 6.07) is 3.23. The Hall–Kier alpha value is -1.89. The van der Waals surface area contributed by atoms with Crippen LogP contribution in [0.15, 0.2) is 23.2 Å². The van der Waals surface area contributed by atoms with Gasteiger partial charge in [0.25, 0.3) is 0 Å². The quantitative estimate of drug-likeness (QED) is 0.389. The first-order valence-electron chi connectivity index (χ1n) is 8.13. The number of guanidine groups is 1. The molecule has 0 spiro atoms. The number of hydrogen-bond acceptors (Lipinski definition) is 3. The summed E-state index contributed by atoms with van der Waals surface area (Å²) in [6.07, 6.45) is 0.880. The lowest BCUT2D eigenvalue weighted by atomic mass is 10.2. The van der Waals surface area contributed by atoms with Gasteiger partial charge < -0.3 is 20.1 Å². The van der Waals surface area contributed by atoms with Crippen LogP contribution in [0, 0.1) is 17.6 Å². The lowest BCUT2D eigenvalue weighted by molar-refractivity contribution is 0.108. The molecule has 24 heavy (non-hydrogen) atoms. The zero-order chi connectivity index (χ0) is 17.8. The standard InChI is InChI=1S/C17H27F2N3O2/c1-13(2)12-23-9-4-7-21-17(20-3)22-8-10-24-16-6-5-14(18)11-15(16)19/h5-6,11,13H,4,7-10,12H2,1-3H3,(H2,20,21,22). The van der Waals surface area contributed by atoms with Crippen LogP contribution >= 0.6 is 0 Å². The van der Waals surface area contributed by atoms with Gasteiger partial charge in [-0.2, -0.15) is 0 Å². The average molecular weight is 343 g/mol. The Morgan fingerprint density at radius 2 is 1.92 bits per heavy atom. The molecule has 0 bridgehead atoms. The third kappa shape index (κ3) is 8.67. The monoisotopic (exact) mass is 343 g/mol. The first-order valence-corrected chi connectivity index (χ1v) is 8.13. The van der Waals surface area contributed by atoms with E-state index in [1.54, 1.807) is 7.05 Å². The van der Waals surface area contributed by atoms with Crippen molar-refractivity contribution in [2.45, 2.75) is 20.3 Å². The van der Waals surface area contributed by atoms with E-state index in [1.807, 2.05) is 0 Å². The summed E-state index contributed by atoms with van der Waals surface area (Å²) < 4.78 is 36.9. The fourth-order valence-electron chi connectivity index (χ4n) is 1.84. The summed E-state index contributed by atoms with van der Waals surface area (Å²) in [5.41, 5.74) is 0. The van der Waals surface area contributed by atoms with Gasteiger partial charge in [0.15, 0.2) is 17.5 Å². The van der Waals surface area contributed by atoms with Crippen molar-refractivity contribution in [3.8, 4) is 5.75 Å². The molecule has 7 heteroatoms. The van der Waals surface area contributed by atoms with E-state index >= 15 is 0 Å². The van der Waals surface area contributed by atoms with Crippen molar-refractivity contribution < 1.29 is 18.3 Å². The SMILES string of the molecule is CN=C(NCCCOCC(C)C)NCCOc1ccc(F)cc1F. The maximum atomic E-state index is 13.4. The van der Waals surface area contributed by atoms with Crippen LogP contribution in [-0.4, -0.2) is 45.9 Å². The minimum absolute atomic E-state index is 0.0310. The molecular weight excluding hydrogens is 316 g/mol.